The van der Waals surface area contributed by atoms with Crippen molar-refractivity contribution in [1.82, 2.24) is 14.5 Å². The number of aromatic nitrogens is 2. The monoisotopic (exact) mass is 478 g/mol. The number of esters is 1. The predicted octanol–water partition coefficient (Wildman–Crippen LogP) is 4.04. The van der Waals surface area contributed by atoms with Crippen LogP contribution in [-0.2, 0) is 27.3 Å². The van der Waals surface area contributed by atoms with E-state index in [1.54, 1.807) is 0 Å². The summed E-state index contributed by atoms with van der Waals surface area (Å²) in [7, 11) is 1.26. The topological polar surface area (TPSA) is 85.7 Å². The van der Waals surface area contributed by atoms with E-state index in [-0.39, 0.29) is 0 Å². The number of hydrogen-bond donors (Lipinski definition) is 1. The van der Waals surface area contributed by atoms with Crippen molar-refractivity contribution >= 4 is 28.6 Å². The van der Waals surface area contributed by atoms with Crippen LogP contribution < -0.4 is 10.1 Å². The molecule has 0 aliphatic heterocycles. The third-order valence-corrected chi connectivity index (χ3v) is 5.80. The Kier molecular flexibility index (Phi) is 9.43. The van der Waals surface area contributed by atoms with Crippen LogP contribution in [0.4, 0.5) is 5.69 Å². The molecule has 0 saturated carbocycles. The second-order valence-electron chi connectivity index (χ2n) is 8.01. The molecule has 186 valence electrons. The van der Waals surface area contributed by atoms with Gasteiger partial charge in [-0.1, -0.05) is 26.0 Å². The first-order chi connectivity index (χ1) is 17.0. The molecule has 0 unspecified atom stereocenters. The summed E-state index contributed by atoms with van der Waals surface area (Å²) in [6, 6.07) is 13.8. The van der Waals surface area contributed by atoms with E-state index in [0.29, 0.717) is 18.7 Å². The lowest BCUT2D eigenvalue weighted by Gasteiger charge is -2.19. The first kappa shape index (κ1) is 26.0. The van der Waals surface area contributed by atoms with Gasteiger partial charge in [-0.2, -0.15) is 0 Å². The van der Waals surface area contributed by atoms with Gasteiger partial charge in [-0.05, 0) is 55.9 Å². The Morgan fingerprint density at radius 2 is 1.80 bits per heavy atom. The van der Waals surface area contributed by atoms with Crippen LogP contribution in [0.1, 0.15) is 32.2 Å². The molecular weight excluding hydrogens is 444 g/mol. The molecule has 2 aromatic carbocycles. The summed E-state index contributed by atoms with van der Waals surface area (Å²) in [6.07, 6.45) is 2.92. The zero-order valence-corrected chi connectivity index (χ0v) is 20.9. The number of rotatable bonds is 12. The molecule has 35 heavy (non-hydrogen) atoms. The van der Waals surface area contributed by atoms with Crippen molar-refractivity contribution in [2.75, 3.05) is 38.7 Å². The van der Waals surface area contributed by atoms with Crippen molar-refractivity contribution < 1.29 is 19.1 Å². The van der Waals surface area contributed by atoms with Crippen molar-refractivity contribution in [3.05, 3.63) is 66.0 Å². The Bertz CT molecular complexity index is 1160. The number of methoxy groups -OCH3 is 1. The lowest BCUT2D eigenvalue weighted by atomic mass is 10.1. The molecule has 1 N–H and O–H groups in total. The number of carbonyl (C=O) groups is 2. The lowest BCUT2D eigenvalue weighted by Crippen LogP contribution is -2.27. The Morgan fingerprint density at radius 1 is 1.06 bits per heavy atom. The quantitative estimate of drug-likeness (QED) is 0.312. The van der Waals surface area contributed by atoms with E-state index in [1.807, 2.05) is 37.3 Å². The van der Waals surface area contributed by atoms with Gasteiger partial charge in [0.2, 0.25) is 5.91 Å². The van der Waals surface area contributed by atoms with E-state index in [0.717, 1.165) is 66.5 Å². The molecule has 0 spiro atoms. The number of benzene rings is 2. The van der Waals surface area contributed by atoms with Gasteiger partial charge < -0.3 is 24.3 Å². The Morgan fingerprint density at radius 3 is 2.46 bits per heavy atom. The van der Waals surface area contributed by atoms with Gasteiger partial charge in [0.1, 0.15) is 11.6 Å². The minimum absolute atomic E-state index is 0.412. The summed E-state index contributed by atoms with van der Waals surface area (Å²) in [4.78, 5) is 30.7. The van der Waals surface area contributed by atoms with Gasteiger partial charge in [0, 0.05) is 37.3 Å². The van der Waals surface area contributed by atoms with E-state index in [9.17, 15) is 9.59 Å². The molecular formula is C27H34N4O4. The molecule has 0 fully saturated rings. The smallest absolute Gasteiger partial charge is 0.330 e. The number of carbonyl (C=O) groups excluding carboxylic acids is 2. The van der Waals surface area contributed by atoms with E-state index < -0.39 is 11.9 Å². The molecule has 0 aliphatic carbocycles. The van der Waals surface area contributed by atoms with Crippen LogP contribution in [-0.4, -0.2) is 59.7 Å². The third-order valence-electron chi connectivity index (χ3n) is 5.80. The maximum absolute atomic E-state index is 12.2. The van der Waals surface area contributed by atoms with Crippen LogP contribution in [0.3, 0.4) is 0 Å². The molecule has 1 aromatic heterocycles. The van der Waals surface area contributed by atoms with Gasteiger partial charge >= 0.3 is 5.97 Å². The van der Waals surface area contributed by atoms with Crippen LogP contribution in [0.2, 0.25) is 0 Å². The largest absolute Gasteiger partial charge is 0.494 e. The Labute approximate surface area is 206 Å². The van der Waals surface area contributed by atoms with E-state index >= 15 is 0 Å². The predicted molar refractivity (Wildman–Crippen MR) is 138 cm³/mol. The normalized spacial score (nSPS) is 11.3. The Balaban J connectivity index is 1.88. The van der Waals surface area contributed by atoms with Crippen molar-refractivity contribution in [1.29, 1.82) is 0 Å². The summed E-state index contributed by atoms with van der Waals surface area (Å²) in [5.41, 5.74) is 3.58. The zero-order valence-electron chi connectivity index (χ0n) is 20.9. The lowest BCUT2D eigenvalue weighted by molar-refractivity contribution is -0.135. The number of imidazole rings is 1. The fraction of sp³-hybridized carbons (Fsp3) is 0.370. The number of hydrogen-bond acceptors (Lipinski definition) is 6. The summed E-state index contributed by atoms with van der Waals surface area (Å²) in [5, 5.41) is 2.77. The molecule has 0 radical (unpaired) electrons. The molecule has 1 heterocycles. The molecule has 0 atom stereocenters. The van der Waals surface area contributed by atoms with Crippen molar-refractivity contribution in [2.24, 2.45) is 0 Å². The first-order valence-electron chi connectivity index (χ1n) is 12.0. The van der Waals surface area contributed by atoms with Gasteiger partial charge in [0.25, 0.3) is 0 Å². The number of anilines is 1. The second-order valence-corrected chi connectivity index (χ2v) is 8.01. The minimum atomic E-state index is -0.582. The van der Waals surface area contributed by atoms with Crippen LogP contribution in [0.5, 0.6) is 5.75 Å². The SMILES string of the molecule is CCOc1ccc(Cc2nc3cc(NC(=O)/C=C/C(=O)OC)ccc3n2CCN(CC)CC)cc1. The fourth-order valence-corrected chi connectivity index (χ4v) is 3.87. The van der Waals surface area contributed by atoms with Crippen LogP contribution >= 0.6 is 0 Å². The molecule has 3 rings (SSSR count). The Hall–Kier alpha value is -3.65. The minimum Gasteiger partial charge on any atom is -0.494 e. The third kappa shape index (κ3) is 7.16. The highest BCUT2D eigenvalue weighted by Gasteiger charge is 2.14. The number of amides is 1. The molecule has 8 heteroatoms. The summed E-state index contributed by atoms with van der Waals surface area (Å²) in [5.74, 6) is 0.824. The standard InChI is InChI=1S/C27H34N4O4/c1-5-30(6-2)16-17-31-24-13-10-21(28-26(32)14-15-27(33)34-4)19-23(24)29-25(31)18-20-8-11-22(12-9-20)35-7-3/h8-15,19H,5-7,16-18H2,1-4H3,(H,28,32)/b15-14+. The summed E-state index contributed by atoms with van der Waals surface area (Å²) >= 11 is 0. The van der Waals surface area contributed by atoms with Gasteiger partial charge in [-0.15, -0.1) is 0 Å². The molecule has 0 saturated heterocycles. The van der Waals surface area contributed by atoms with E-state index in [1.165, 1.54) is 7.11 Å². The highest BCUT2D eigenvalue weighted by atomic mass is 16.5. The molecule has 0 aliphatic rings. The number of likely N-dealkylation sites (N-methyl/N-ethyl adjacent to an activating group) is 1. The van der Waals surface area contributed by atoms with Gasteiger partial charge in [-0.25, -0.2) is 9.78 Å². The average Bonchev–Trinajstić information content (AvgIpc) is 3.20. The van der Waals surface area contributed by atoms with Crippen molar-refractivity contribution in [3.63, 3.8) is 0 Å². The van der Waals surface area contributed by atoms with Crippen molar-refractivity contribution in [3.8, 4) is 5.75 Å². The first-order valence-corrected chi connectivity index (χ1v) is 12.0. The molecule has 3 aromatic rings. The fourth-order valence-electron chi connectivity index (χ4n) is 3.87. The van der Waals surface area contributed by atoms with Gasteiger partial charge in [0.05, 0.1) is 24.8 Å². The van der Waals surface area contributed by atoms with Gasteiger partial charge in [0.15, 0.2) is 0 Å². The van der Waals surface area contributed by atoms with Crippen LogP contribution in [0, 0.1) is 0 Å². The average molecular weight is 479 g/mol. The maximum Gasteiger partial charge on any atom is 0.330 e. The maximum atomic E-state index is 12.2. The molecule has 8 nitrogen and oxygen atoms in total. The van der Waals surface area contributed by atoms with E-state index in [2.05, 4.69) is 45.5 Å². The zero-order chi connectivity index (χ0) is 25.2. The molecule has 0 bridgehead atoms. The van der Waals surface area contributed by atoms with Crippen LogP contribution in [0.15, 0.2) is 54.6 Å². The number of nitrogens with zero attached hydrogens (tertiary/aromatic N) is 3. The van der Waals surface area contributed by atoms with Crippen molar-refractivity contribution in [2.45, 2.75) is 33.7 Å². The second kappa shape index (κ2) is 12.7. The highest BCUT2D eigenvalue weighted by molar-refractivity contribution is 6.03. The van der Waals surface area contributed by atoms with E-state index in [4.69, 9.17) is 9.72 Å². The number of fused-ring (bicyclic) bond motifs is 1. The van der Waals surface area contributed by atoms with Crippen LogP contribution in [0.25, 0.3) is 11.0 Å². The summed E-state index contributed by atoms with van der Waals surface area (Å²) in [6.45, 7) is 10.7. The number of nitrogens with one attached hydrogen (secondary N) is 1. The number of ether oxygens (including phenoxy) is 2. The molecule has 1 amide bonds. The highest BCUT2D eigenvalue weighted by Crippen LogP contribution is 2.23. The summed E-state index contributed by atoms with van der Waals surface area (Å²) < 4.78 is 12.3. The van der Waals surface area contributed by atoms with Gasteiger partial charge in [-0.3, -0.25) is 4.79 Å².